The van der Waals surface area contributed by atoms with Crippen molar-refractivity contribution in [3.63, 3.8) is 0 Å². The zero-order valence-electron chi connectivity index (χ0n) is 19.8. The molecule has 0 spiro atoms. The van der Waals surface area contributed by atoms with Gasteiger partial charge < -0.3 is 19.9 Å². The Kier molecular flexibility index (Phi) is 10.9. The number of hydrogen-bond acceptors (Lipinski definition) is 4. The van der Waals surface area contributed by atoms with Crippen LogP contribution in [0.5, 0.6) is 0 Å². The molecule has 7 heteroatoms. The number of ether oxygens (including phenoxy) is 1. The maximum atomic E-state index is 12.4. The second-order valence-corrected chi connectivity index (χ2v) is 9.28. The molecule has 3 rings (SSSR count). The maximum Gasteiger partial charge on any atom is 0.236 e. The molecular formula is C24H45N5O2. The number of carbonyl (C=O) groups excluding carboxylic acids is 1. The van der Waals surface area contributed by atoms with Crippen LogP contribution in [-0.2, 0) is 9.53 Å². The molecule has 0 atom stereocenters. The van der Waals surface area contributed by atoms with Gasteiger partial charge >= 0.3 is 0 Å². The summed E-state index contributed by atoms with van der Waals surface area (Å²) in [6, 6.07) is 0. The van der Waals surface area contributed by atoms with Gasteiger partial charge in [-0.1, -0.05) is 19.3 Å². The first-order valence-electron chi connectivity index (χ1n) is 12.9. The standard InChI is InChI=1S/C24H45N5O2/c1-2-25-24(26-13-7-4-10-20-31-22-11-5-3-6-12-22)29-18-16-27(17-19-29)21-23(30)28-14-8-9-15-28/h22H,2-21H2,1H3,(H,25,26). The van der Waals surface area contributed by atoms with Crippen LogP contribution in [0.1, 0.15) is 71.1 Å². The van der Waals surface area contributed by atoms with Gasteiger partial charge in [0, 0.05) is 59.0 Å². The molecular weight excluding hydrogens is 390 g/mol. The number of hydrogen-bond donors (Lipinski definition) is 1. The third-order valence-corrected chi connectivity index (χ3v) is 6.79. The van der Waals surface area contributed by atoms with Crippen LogP contribution in [0.4, 0.5) is 0 Å². The Bertz CT molecular complexity index is 536. The Morgan fingerprint density at radius 1 is 0.903 bits per heavy atom. The fraction of sp³-hybridized carbons (Fsp3) is 0.917. The molecule has 3 fully saturated rings. The minimum absolute atomic E-state index is 0.305. The summed E-state index contributed by atoms with van der Waals surface area (Å²) in [5.74, 6) is 1.34. The number of piperazine rings is 1. The first-order chi connectivity index (χ1) is 15.3. The molecule has 2 aliphatic heterocycles. The molecule has 0 aromatic carbocycles. The van der Waals surface area contributed by atoms with Crippen molar-refractivity contribution < 1.29 is 9.53 Å². The summed E-state index contributed by atoms with van der Waals surface area (Å²) in [5.41, 5.74) is 0. The lowest BCUT2D eigenvalue weighted by atomic mass is 9.98. The molecule has 0 radical (unpaired) electrons. The van der Waals surface area contributed by atoms with Gasteiger partial charge in [-0.25, -0.2) is 0 Å². The van der Waals surface area contributed by atoms with Gasteiger partial charge in [0.1, 0.15) is 0 Å². The van der Waals surface area contributed by atoms with Crippen molar-refractivity contribution in [1.82, 2.24) is 20.0 Å². The molecule has 2 saturated heterocycles. The highest BCUT2D eigenvalue weighted by Crippen LogP contribution is 2.20. The van der Waals surface area contributed by atoms with Gasteiger partial charge in [0.2, 0.25) is 5.91 Å². The Morgan fingerprint density at radius 2 is 1.65 bits per heavy atom. The Labute approximate surface area is 189 Å². The van der Waals surface area contributed by atoms with Crippen molar-refractivity contribution in [2.45, 2.75) is 77.2 Å². The van der Waals surface area contributed by atoms with E-state index in [1.807, 2.05) is 4.90 Å². The van der Waals surface area contributed by atoms with Crippen LogP contribution < -0.4 is 5.32 Å². The molecule has 0 unspecified atom stereocenters. The second kappa shape index (κ2) is 13.9. The Balaban J connectivity index is 1.29. The van der Waals surface area contributed by atoms with E-state index >= 15 is 0 Å². The van der Waals surface area contributed by atoms with Crippen LogP contribution >= 0.6 is 0 Å². The van der Waals surface area contributed by atoms with E-state index in [2.05, 4.69) is 22.0 Å². The zero-order valence-corrected chi connectivity index (χ0v) is 19.8. The van der Waals surface area contributed by atoms with Gasteiger partial charge in [-0.2, -0.15) is 0 Å². The summed E-state index contributed by atoms with van der Waals surface area (Å²) in [5, 5.41) is 3.46. The van der Waals surface area contributed by atoms with E-state index in [0.29, 0.717) is 18.6 Å². The zero-order chi connectivity index (χ0) is 21.7. The molecule has 1 N–H and O–H groups in total. The van der Waals surface area contributed by atoms with Crippen LogP contribution in [0.2, 0.25) is 0 Å². The fourth-order valence-electron chi connectivity index (χ4n) is 4.86. The molecule has 0 aromatic heterocycles. The highest BCUT2D eigenvalue weighted by Gasteiger charge is 2.24. The van der Waals surface area contributed by atoms with Crippen molar-refractivity contribution in [3.05, 3.63) is 0 Å². The Hall–Kier alpha value is -1.34. The summed E-state index contributed by atoms with van der Waals surface area (Å²) >= 11 is 0. The summed E-state index contributed by atoms with van der Waals surface area (Å²) in [4.78, 5) is 23.9. The molecule has 1 saturated carbocycles. The van der Waals surface area contributed by atoms with E-state index < -0.39 is 0 Å². The van der Waals surface area contributed by atoms with Gasteiger partial charge in [-0.3, -0.25) is 14.7 Å². The minimum atomic E-state index is 0.305. The van der Waals surface area contributed by atoms with Crippen molar-refractivity contribution in [2.75, 3.05) is 65.5 Å². The molecule has 3 aliphatic rings. The number of nitrogens with zero attached hydrogens (tertiary/aromatic N) is 4. The maximum absolute atomic E-state index is 12.4. The average molecular weight is 436 g/mol. The van der Waals surface area contributed by atoms with Crippen LogP contribution in [0.25, 0.3) is 0 Å². The number of nitrogens with one attached hydrogen (secondary N) is 1. The molecule has 7 nitrogen and oxygen atoms in total. The topological polar surface area (TPSA) is 60.4 Å². The smallest absolute Gasteiger partial charge is 0.236 e. The van der Waals surface area contributed by atoms with E-state index in [0.717, 1.165) is 90.6 Å². The normalized spacial score (nSPS) is 21.6. The highest BCUT2D eigenvalue weighted by molar-refractivity contribution is 5.80. The van der Waals surface area contributed by atoms with Gasteiger partial charge in [0.25, 0.3) is 0 Å². The molecule has 178 valence electrons. The van der Waals surface area contributed by atoms with Gasteiger partial charge in [0.05, 0.1) is 12.6 Å². The van der Waals surface area contributed by atoms with E-state index in [-0.39, 0.29) is 0 Å². The van der Waals surface area contributed by atoms with Crippen LogP contribution in [0.15, 0.2) is 4.99 Å². The van der Waals surface area contributed by atoms with Crippen LogP contribution in [0.3, 0.4) is 0 Å². The van der Waals surface area contributed by atoms with E-state index in [1.54, 1.807) is 0 Å². The SMILES string of the molecule is CCNC(=NCCCCCOC1CCCCC1)N1CCN(CC(=O)N2CCCC2)CC1. The summed E-state index contributed by atoms with van der Waals surface area (Å²) in [6.07, 6.45) is 12.9. The number of likely N-dealkylation sites (tertiary alicyclic amines) is 1. The van der Waals surface area contributed by atoms with Crippen LogP contribution in [-0.4, -0.2) is 98.2 Å². The second-order valence-electron chi connectivity index (χ2n) is 9.28. The third kappa shape index (κ3) is 8.60. The van der Waals surface area contributed by atoms with Crippen molar-refractivity contribution in [3.8, 4) is 0 Å². The lowest BCUT2D eigenvalue weighted by Gasteiger charge is -2.36. The molecule has 2 heterocycles. The third-order valence-electron chi connectivity index (χ3n) is 6.79. The highest BCUT2D eigenvalue weighted by atomic mass is 16.5. The number of guanidine groups is 1. The Morgan fingerprint density at radius 3 is 2.35 bits per heavy atom. The van der Waals surface area contributed by atoms with Crippen molar-refractivity contribution in [1.29, 1.82) is 0 Å². The monoisotopic (exact) mass is 435 g/mol. The summed E-state index contributed by atoms with van der Waals surface area (Å²) < 4.78 is 6.03. The van der Waals surface area contributed by atoms with Crippen LogP contribution in [0, 0.1) is 0 Å². The molecule has 0 bridgehead atoms. The lowest BCUT2D eigenvalue weighted by Crippen LogP contribution is -2.54. The van der Waals surface area contributed by atoms with Crippen molar-refractivity contribution in [2.24, 2.45) is 4.99 Å². The number of rotatable bonds is 10. The van der Waals surface area contributed by atoms with Gasteiger partial charge in [-0.05, 0) is 51.9 Å². The molecule has 31 heavy (non-hydrogen) atoms. The van der Waals surface area contributed by atoms with E-state index in [4.69, 9.17) is 9.73 Å². The number of unbranched alkanes of at least 4 members (excludes halogenated alkanes) is 2. The van der Waals surface area contributed by atoms with Gasteiger partial charge in [-0.15, -0.1) is 0 Å². The number of aliphatic imine (C=N–C) groups is 1. The minimum Gasteiger partial charge on any atom is -0.378 e. The first-order valence-corrected chi connectivity index (χ1v) is 12.9. The fourth-order valence-corrected chi connectivity index (χ4v) is 4.86. The summed E-state index contributed by atoms with van der Waals surface area (Å²) in [7, 11) is 0. The predicted molar refractivity (Wildman–Crippen MR) is 126 cm³/mol. The predicted octanol–water partition coefficient (Wildman–Crippen LogP) is 2.71. The van der Waals surface area contributed by atoms with E-state index in [9.17, 15) is 4.79 Å². The average Bonchev–Trinajstić information content (AvgIpc) is 3.34. The summed E-state index contributed by atoms with van der Waals surface area (Å²) in [6.45, 7) is 11.0. The number of carbonyl (C=O) groups is 1. The van der Waals surface area contributed by atoms with Gasteiger partial charge in [0.15, 0.2) is 5.96 Å². The number of amides is 1. The van der Waals surface area contributed by atoms with Crippen molar-refractivity contribution >= 4 is 11.9 Å². The first kappa shape index (κ1) is 24.3. The van der Waals surface area contributed by atoms with E-state index in [1.165, 1.54) is 38.5 Å². The molecule has 1 aliphatic carbocycles. The largest absolute Gasteiger partial charge is 0.378 e. The molecule has 1 amide bonds. The lowest BCUT2D eigenvalue weighted by molar-refractivity contribution is -0.131. The quantitative estimate of drug-likeness (QED) is 0.325. The molecule has 0 aromatic rings.